The van der Waals surface area contributed by atoms with E-state index in [1.807, 2.05) is 40.0 Å². The predicted octanol–water partition coefficient (Wildman–Crippen LogP) is 4.69. The van der Waals surface area contributed by atoms with E-state index in [4.69, 9.17) is 14.1 Å². The van der Waals surface area contributed by atoms with Gasteiger partial charge in [0.2, 0.25) is 5.71 Å². The minimum absolute atomic E-state index is 0.151. The Kier molecular flexibility index (Phi) is 5.43. The maximum Gasteiger partial charge on any atom is 0.410 e. The Hall–Kier alpha value is -3.27. The zero-order chi connectivity index (χ0) is 24.2. The Bertz CT molecular complexity index is 1450. The van der Waals surface area contributed by atoms with Gasteiger partial charge in [0.25, 0.3) is 5.56 Å². The number of nitrogens with zero attached hydrogens (tertiary/aromatic N) is 5. The first-order chi connectivity index (χ1) is 16.1. The second-order valence-corrected chi connectivity index (χ2v) is 10.8. The van der Waals surface area contributed by atoms with Gasteiger partial charge in [0.15, 0.2) is 10.9 Å². The molecule has 1 aliphatic rings. The van der Waals surface area contributed by atoms with E-state index in [0.29, 0.717) is 41.0 Å². The lowest BCUT2D eigenvalue weighted by molar-refractivity contribution is 0.0205. The summed E-state index contributed by atoms with van der Waals surface area (Å²) in [4.78, 5) is 42.4. The second kappa shape index (κ2) is 8.19. The Balaban J connectivity index is 1.39. The molecule has 0 bridgehead atoms. The van der Waals surface area contributed by atoms with Crippen LogP contribution in [0.15, 0.2) is 27.5 Å². The van der Waals surface area contributed by atoms with E-state index < -0.39 is 5.60 Å². The van der Waals surface area contributed by atoms with E-state index in [0.717, 1.165) is 28.8 Å². The average Bonchev–Trinajstić information content (AvgIpc) is 3.36. The molecule has 34 heavy (non-hydrogen) atoms. The number of oxazole rings is 1. The van der Waals surface area contributed by atoms with Crippen molar-refractivity contribution in [2.24, 2.45) is 0 Å². The van der Waals surface area contributed by atoms with Gasteiger partial charge in [-0.05, 0) is 58.1 Å². The summed E-state index contributed by atoms with van der Waals surface area (Å²) in [5.74, 6) is 0.814. The third-order valence-electron chi connectivity index (χ3n) is 5.86. The van der Waals surface area contributed by atoms with Crippen molar-refractivity contribution in [2.75, 3.05) is 13.1 Å². The van der Waals surface area contributed by atoms with Gasteiger partial charge in [-0.3, -0.25) is 9.20 Å². The first-order valence-corrected chi connectivity index (χ1v) is 12.2. The van der Waals surface area contributed by atoms with Crippen LogP contribution >= 0.6 is 11.3 Å². The number of carbonyl (C=O) groups excluding carboxylic acids is 1. The molecular weight excluding hydrogens is 454 g/mol. The molecule has 9 nitrogen and oxygen atoms in total. The summed E-state index contributed by atoms with van der Waals surface area (Å²) in [5.41, 5.74) is 2.52. The Morgan fingerprint density at radius 1 is 1.12 bits per heavy atom. The third kappa shape index (κ3) is 4.29. The summed E-state index contributed by atoms with van der Waals surface area (Å²) in [7, 11) is 0. The zero-order valence-corrected chi connectivity index (χ0v) is 20.7. The summed E-state index contributed by atoms with van der Waals surface area (Å²) in [5, 5.41) is 0. The highest BCUT2D eigenvalue weighted by atomic mass is 32.1. The first-order valence-electron chi connectivity index (χ1n) is 11.3. The average molecular weight is 482 g/mol. The maximum absolute atomic E-state index is 12.9. The van der Waals surface area contributed by atoms with Crippen LogP contribution in [0.3, 0.4) is 0 Å². The van der Waals surface area contributed by atoms with Crippen LogP contribution in [0.1, 0.15) is 55.9 Å². The second-order valence-electron chi connectivity index (χ2n) is 9.72. The number of aromatic nitrogens is 4. The number of hydrogen-bond acceptors (Lipinski definition) is 8. The number of rotatable bonds is 2. The van der Waals surface area contributed by atoms with Crippen LogP contribution < -0.4 is 5.56 Å². The Labute approximate surface area is 200 Å². The van der Waals surface area contributed by atoms with Gasteiger partial charge in [0.1, 0.15) is 11.1 Å². The Morgan fingerprint density at radius 3 is 2.53 bits per heavy atom. The summed E-state index contributed by atoms with van der Waals surface area (Å²) in [6.07, 6.45) is 3.24. The number of amides is 1. The van der Waals surface area contributed by atoms with Gasteiger partial charge < -0.3 is 14.1 Å². The van der Waals surface area contributed by atoms with Gasteiger partial charge in [0, 0.05) is 37.2 Å². The molecule has 0 aromatic carbocycles. The van der Waals surface area contributed by atoms with Crippen LogP contribution in [0.25, 0.3) is 27.6 Å². The summed E-state index contributed by atoms with van der Waals surface area (Å²) < 4.78 is 12.7. The van der Waals surface area contributed by atoms with Crippen LogP contribution in [0.5, 0.6) is 0 Å². The molecule has 178 valence electrons. The van der Waals surface area contributed by atoms with E-state index in [2.05, 4.69) is 9.97 Å². The lowest BCUT2D eigenvalue weighted by atomic mass is 9.96. The number of piperidine rings is 1. The number of carbonyl (C=O) groups is 1. The summed E-state index contributed by atoms with van der Waals surface area (Å²) >= 11 is 1.51. The molecule has 0 saturated carbocycles. The molecule has 5 rings (SSSR count). The molecule has 4 aromatic rings. The molecule has 0 spiro atoms. The number of thiazole rings is 1. The molecule has 0 N–H and O–H groups in total. The molecule has 0 unspecified atom stereocenters. The van der Waals surface area contributed by atoms with Gasteiger partial charge in [-0.2, -0.15) is 0 Å². The van der Waals surface area contributed by atoms with Crippen molar-refractivity contribution in [1.29, 1.82) is 0 Å². The van der Waals surface area contributed by atoms with Crippen molar-refractivity contribution in [3.8, 4) is 11.4 Å². The van der Waals surface area contributed by atoms with Crippen molar-refractivity contribution in [1.82, 2.24) is 24.3 Å². The smallest absolute Gasteiger partial charge is 0.410 e. The molecule has 4 aromatic heterocycles. The largest absolute Gasteiger partial charge is 0.444 e. The lowest BCUT2D eigenvalue weighted by Crippen LogP contribution is -2.41. The van der Waals surface area contributed by atoms with Crippen LogP contribution in [0, 0.1) is 13.8 Å². The van der Waals surface area contributed by atoms with Crippen molar-refractivity contribution < 1.29 is 13.9 Å². The normalized spacial score (nSPS) is 15.4. The molecular formula is C24H27N5O4S. The van der Waals surface area contributed by atoms with E-state index >= 15 is 0 Å². The first kappa shape index (κ1) is 22.5. The topological polar surface area (TPSA) is 103 Å². The van der Waals surface area contributed by atoms with E-state index in [1.54, 1.807) is 16.2 Å². The molecule has 1 saturated heterocycles. The van der Waals surface area contributed by atoms with Crippen molar-refractivity contribution in [2.45, 2.75) is 59.0 Å². The molecule has 1 amide bonds. The fourth-order valence-electron chi connectivity index (χ4n) is 4.21. The number of pyridine rings is 1. The monoisotopic (exact) mass is 481 g/mol. The molecule has 5 heterocycles. The summed E-state index contributed by atoms with van der Waals surface area (Å²) in [6, 6.07) is 3.38. The van der Waals surface area contributed by atoms with E-state index in [1.165, 1.54) is 17.4 Å². The fourth-order valence-corrected chi connectivity index (χ4v) is 5.36. The highest BCUT2D eigenvalue weighted by molar-refractivity contribution is 7.17. The zero-order valence-electron chi connectivity index (χ0n) is 19.9. The number of hydrogen-bond donors (Lipinski definition) is 0. The van der Waals surface area contributed by atoms with Gasteiger partial charge in [-0.15, -0.1) is 11.3 Å². The minimum atomic E-state index is -0.506. The quantitative estimate of drug-likeness (QED) is 0.409. The molecule has 1 fully saturated rings. The van der Waals surface area contributed by atoms with Gasteiger partial charge in [0.05, 0.1) is 11.4 Å². The van der Waals surface area contributed by atoms with E-state index in [9.17, 15) is 9.59 Å². The number of likely N-dealkylation sites (tertiary alicyclic amines) is 1. The van der Waals surface area contributed by atoms with Gasteiger partial charge >= 0.3 is 6.09 Å². The van der Waals surface area contributed by atoms with Crippen molar-refractivity contribution in [3.63, 3.8) is 0 Å². The van der Waals surface area contributed by atoms with Crippen LogP contribution in [0.2, 0.25) is 0 Å². The standard InChI is InChI=1S/C24H27N5O4S/c1-13-10-16(26-21-20(13)25-14(2)32-21)17-11-19(30)29-12-18(34-22(29)27-17)15-6-8-28(9-7-15)23(31)33-24(3,4)5/h10-12,15H,6-9H2,1-5H3. The highest BCUT2D eigenvalue weighted by Gasteiger charge is 2.28. The highest BCUT2D eigenvalue weighted by Crippen LogP contribution is 2.33. The molecule has 0 aliphatic carbocycles. The van der Waals surface area contributed by atoms with Crippen LogP contribution in [0.4, 0.5) is 4.79 Å². The van der Waals surface area contributed by atoms with Crippen LogP contribution in [-0.2, 0) is 4.74 Å². The number of fused-ring (bicyclic) bond motifs is 2. The lowest BCUT2D eigenvalue weighted by Gasteiger charge is -2.33. The van der Waals surface area contributed by atoms with Crippen LogP contribution in [-0.4, -0.2) is 49.0 Å². The third-order valence-corrected chi connectivity index (χ3v) is 7.01. The molecule has 1 aliphatic heterocycles. The van der Waals surface area contributed by atoms with Gasteiger partial charge in [-0.1, -0.05) is 0 Å². The predicted molar refractivity (Wildman–Crippen MR) is 129 cm³/mol. The molecule has 10 heteroatoms. The van der Waals surface area contributed by atoms with Gasteiger partial charge in [-0.25, -0.2) is 19.7 Å². The Morgan fingerprint density at radius 2 is 1.82 bits per heavy atom. The molecule has 0 atom stereocenters. The maximum atomic E-state index is 12.9. The van der Waals surface area contributed by atoms with Crippen molar-refractivity contribution >= 4 is 33.6 Å². The minimum Gasteiger partial charge on any atom is -0.444 e. The number of aryl methyl sites for hydroxylation is 2. The summed E-state index contributed by atoms with van der Waals surface area (Å²) in [6.45, 7) is 10.6. The number of ether oxygens (including phenoxy) is 1. The SMILES string of the molecule is Cc1nc2c(C)cc(-c3cc(=O)n4cc(C5CCN(C(=O)OC(C)(C)C)CC5)sc4n3)nc2o1. The van der Waals surface area contributed by atoms with Crippen molar-refractivity contribution in [3.05, 3.63) is 45.0 Å². The van der Waals surface area contributed by atoms with E-state index in [-0.39, 0.29) is 17.6 Å². The fraction of sp³-hybridized carbons (Fsp3) is 0.458. The molecule has 0 radical (unpaired) electrons.